The van der Waals surface area contributed by atoms with E-state index in [0.29, 0.717) is 18.0 Å². The third-order valence-electron chi connectivity index (χ3n) is 5.49. The Morgan fingerprint density at radius 3 is 2.50 bits per heavy atom. The van der Waals surface area contributed by atoms with Crippen molar-refractivity contribution in [3.05, 3.63) is 53.7 Å². The molecular weight excluding hydrogens is 356 g/mol. The molecule has 1 aromatic heterocycles. The van der Waals surface area contributed by atoms with Crippen LogP contribution in [0, 0.1) is 0 Å². The Balaban J connectivity index is 1.54. The second-order valence-electron chi connectivity index (χ2n) is 7.07. The molecule has 1 heterocycles. The molecule has 0 radical (unpaired) electrons. The fourth-order valence-corrected chi connectivity index (χ4v) is 3.71. The Bertz CT molecular complexity index is 1020. The molecule has 2 N–H and O–H groups in total. The number of ether oxygens (including phenoxy) is 3. The lowest BCUT2D eigenvalue weighted by Crippen LogP contribution is -2.34. The summed E-state index contributed by atoms with van der Waals surface area (Å²) in [6.07, 6.45) is 3.64. The zero-order valence-electron chi connectivity index (χ0n) is 16.3. The first kappa shape index (κ1) is 18.2. The number of methoxy groups -OCH3 is 3. The molecule has 1 saturated carbocycles. The first-order valence-corrected chi connectivity index (χ1v) is 9.26. The maximum atomic E-state index is 13.1. The molecule has 28 heavy (non-hydrogen) atoms. The third-order valence-corrected chi connectivity index (χ3v) is 5.49. The monoisotopic (exact) mass is 380 g/mol. The first-order valence-electron chi connectivity index (χ1n) is 9.26. The van der Waals surface area contributed by atoms with E-state index in [2.05, 4.69) is 10.3 Å². The summed E-state index contributed by atoms with van der Waals surface area (Å²) in [4.78, 5) is 16.3. The number of carbonyl (C=O) groups excluding carboxylic acids is 1. The molecule has 6 heteroatoms. The molecule has 1 fully saturated rings. The average molecular weight is 380 g/mol. The maximum Gasteiger partial charge on any atom is 0.231 e. The van der Waals surface area contributed by atoms with Gasteiger partial charge in [-0.05, 0) is 54.3 Å². The lowest BCUT2D eigenvalue weighted by molar-refractivity contribution is -0.123. The quantitative estimate of drug-likeness (QED) is 0.658. The van der Waals surface area contributed by atoms with Gasteiger partial charge >= 0.3 is 0 Å². The minimum absolute atomic E-state index is 0.0472. The maximum absolute atomic E-state index is 13.1. The average Bonchev–Trinajstić information content (AvgIpc) is 3.44. The number of hydrogen-bond acceptors (Lipinski definition) is 4. The molecule has 146 valence electrons. The normalized spacial score (nSPS) is 14.5. The fraction of sp³-hybridized carbons (Fsp3) is 0.318. The number of fused-ring (bicyclic) bond motifs is 1. The highest BCUT2D eigenvalue weighted by molar-refractivity contribution is 5.98. The van der Waals surface area contributed by atoms with Crippen molar-refractivity contribution in [1.82, 2.24) is 10.3 Å². The third kappa shape index (κ3) is 3.05. The SMILES string of the molecule is COc1ccc2[nH]cc(C3(C(=O)NCc4ccc(OC)c(OC)c4)CC3)c2c1. The zero-order valence-corrected chi connectivity index (χ0v) is 16.3. The van der Waals surface area contributed by atoms with E-state index in [1.165, 1.54) is 0 Å². The minimum atomic E-state index is -0.471. The van der Waals surface area contributed by atoms with E-state index < -0.39 is 5.41 Å². The van der Waals surface area contributed by atoms with Crippen molar-refractivity contribution in [2.75, 3.05) is 21.3 Å². The van der Waals surface area contributed by atoms with E-state index in [9.17, 15) is 4.79 Å². The fourth-order valence-electron chi connectivity index (χ4n) is 3.71. The van der Waals surface area contributed by atoms with E-state index in [-0.39, 0.29) is 5.91 Å². The van der Waals surface area contributed by atoms with Crippen LogP contribution < -0.4 is 19.5 Å². The van der Waals surface area contributed by atoms with Gasteiger partial charge in [-0.1, -0.05) is 6.07 Å². The summed E-state index contributed by atoms with van der Waals surface area (Å²) in [6, 6.07) is 11.5. The van der Waals surface area contributed by atoms with E-state index >= 15 is 0 Å². The minimum Gasteiger partial charge on any atom is -0.497 e. The summed E-state index contributed by atoms with van der Waals surface area (Å²) in [5.74, 6) is 2.16. The van der Waals surface area contributed by atoms with Crippen LogP contribution in [0.5, 0.6) is 17.2 Å². The van der Waals surface area contributed by atoms with Gasteiger partial charge in [0, 0.05) is 23.6 Å². The van der Waals surface area contributed by atoms with Gasteiger partial charge in [-0.25, -0.2) is 0 Å². The Morgan fingerprint density at radius 2 is 1.82 bits per heavy atom. The van der Waals surface area contributed by atoms with Gasteiger partial charge in [0.25, 0.3) is 0 Å². The number of nitrogens with one attached hydrogen (secondary N) is 2. The molecule has 0 spiro atoms. The van der Waals surface area contributed by atoms with Gasteiger partial charge in [0.05, 0.1) is 26.7 Å². The van der Waals surface area contributed by atoms with Gasteiger partial charge in [-0.2, -0.15) is 0 Å². The van der Waals surface area contributed by atoms with E-state index in [1.807, 2.05) is 42.6 Å². The Hall–Kier alpha value is -3.15. The number of aromatic nitrogens is 1. The Morgan fingerprint density at radius 1 is 1.04 bits per heavy atom. The summed E-state index contributed by atoms with van der Waals surface area (Å²) in [5.41, 5.74) is 2.53. The number of amides is 1. The summed E-state index contributed by atoms with van der Waals surface area (Å²) >= 11 is 0. The second kappa shape index (κ2) is 7.11. The zero-order chi connectivity index (χ0) is 19.7. The van der Waals surface area contributed by atoms with Gasteiger partial charge in [-0.3, -0.25) is 4.79 Å². The Kier molecular flexibility index (Phi) is 4.63. The second-order valence-corrected chi connectivity index (χ2v) is 7.07. The summed E-state index contributed by atoms with van der Waals surface area (Å²) in [7, 11) is 4.85. The number of benzene rings is 2. The highest BCUT2D eigenvalue weighted by Crippen LogP contribution is 2.51. The van der Waals surface area contributed by atoms with Crippen molar-refractivity contribution < 1.29 is 19.0 Å². The van der Waals surface area contributed by atoms with Gasteiger partial charge in [0.15, 0.2) is 11.5 Å². The predicted octanol–water partition coefficient (Wildman–Crippen LogP) is 3.54. The van der Waals surface area contributed by atoms with Crippen molar-refractivity contribution in [3.8, 4) is 17.2 Å². The van der Waals surface area contributed by atoms with Gasteiger partial charge in [0.1, 0.15) is 5.75 Å². The van der Waals surface area contributed by atoms with Crippen molar-refractivity contribution in [1.29, 1.82) is 0 Å². The van der Waals surface area contributed by atoms with Crippen LogP contribution in [0.1, 0.15) is 24.0 Å². The molecule has 0 unspecified atom stereocenters. The van der Waals surface area contributed by atoms with Crippen LogP contribution in [0.4, 0.5) is 0 Å². The number of hydrogen-bond donors (Lipinski definition) is 2. The molecule has 1 amide bonds. The summed E-state index contributed by atoms with van der Waals surface area (Å²) in [6.45, 7) is 0.437. The lowest BCUT2D eigenvalue weighted by Gasteiger charge is -2.16. The van der Waals surface area contributed by atoms with Crippen molar-refractivity contribution in [2.24, 2.45) is 0 Å². The van der Waals surface area contributed by atoms with Crippen LogP contribution >= 0.6 is 0 Å². The van der Waals surface area contributed by atoms with Crippen LogP contribution in [-0.2, 0) is 16.8 Å². The highest BCUT2D eigenvalue weighted by Gasteiger charge is 2.52. The molecule has 0 atom stereocenters. The molecule has 2 aromatic carbocycles. The lowest BCUT2D eigenvalue weighted by atomic mass is 9.94. The standard InChI is InChI=1S/C22H24N2O4/c1-26-15-5-6-18-16(11-15)17(13-23-18)22(8-9-22)21(25)24-12-14-4-7-19(27-2)20(10-14)28-3/h4-7,10-11,13,23H,8-9,12H2,1-3H3,(H,24,25). The van der Waals surface area contributed by atoms with Crippen LogP contribution in [0.3, 0.4) is 0 Å². The van der Waals surface area contributed by atoms with Crippen LogP contribution in [0.2, 0.25) is 0 Å². The summed E-state index contributed by atoms with van der Waals surface area (Å²) < 4.78 is 16.0. The number of aromatic amines is 1. The van der Waals surface area contributed by atoms with Crippen molar-refractivity contribution >= 4 is 16.8 Å². The molecule has 1 aliphatic carbocycles. The van der Waals surface area contributed by atoms with E-state index in [1.54, 1.807) is 21.3 Å². The number of H-pyrrole nitrogens is 1. The molecule has 0 aliphatic heterocycles. The Labute approximate surface area is 163 Å². The van der Waals surface area contributed by atoms with Crippen molar-refractivity contribution in [2.45, 2.75) is 24.8 Å². The van der Waals surface area contributed by atoms with Crippen LogP contribution in [0.25, 0.3) is 10.9 Å². The number of rotatable bonds is 7. The van der Waals surface area contributed by atoms with E-state index in [4.69, 9.17) is 14.2 Å². The van der Waals surface area contributed by atoms with Gasteiger partial charge in [-0.15, -0.1) is 0 Å². The van der Waals surface area contributed by atoms with Gasteiger partial charge in [0.2, 0.25) is 5.91 Å². The molecule has 1 aliphatic rings. The largest absolute Gasteiger partial charge is 0.497 e. The molecule has 3 aromatic rings. The topological polar surface area (TPSA) is 72.6 Å². The predicted molar refractivity (Wildman–Crippen MR) is 107 cm³/mol. The van der Waals surface area contributed by atoms with E-state index in [0.717, 1.165) is 40.6 Å². The molecule has 0 saturated heterocycles. The first-order chi connectivity index (χ1) is 13.6. The molecule has 6 nitrogen and oxygen atoms in total. The van der Waals surface area contributed by atoms with Crippen LogP contribution in [0.15, 0.2) is 42.6 Å². The summed E-state index contributed by atoms with van der Waals surface area (Å²) in [5, 5.41) is 4.13. The molecule has 4 rings (SSSR count). The van der Waals surface area contributed by atoms with Crippen LogP contribution in [-0.4, -0.2) is 32.2 Å². The van der Waals surface area contributed by atoms with Gasteiger partial charge < -0.3 is 24.5 Å². The molecule has 0 bridgehead atoms. The van der Waals surface area contributed by atoms with Crippen molar-refractivity contribution in [3.63, 3.8) is 0 Å². The molecular formula is C22H24N2O4. The smallest absolute Gasteiger partial charge is 0.231 e. The highest BCUT2D eigenvalue weighted by atomic mass is 16.5. The number of carbonyl (C=O) groups is 1.